The van der Waals surface area contributed by atoms with Crippen LogP contribution in [-0.2, 0) is 0 Å². The lowest BCUT2D eigenvalue weighted by Crippen LogP contribution is -2.43. The second-order valence-electron chi connectivity index (χ2n) is 8.97. The Morgan fingerprint density at radius 3 is 2.19 bits per heavy atom. The molecule has 1 aromatic rings. The first-order chi connectivity index (χ1) is 12.4. The van der Waals surface area contributed by atoms with Crippen LogP contribution in [0.1, 0.15) is 77.7 Å². The minimum atomic E-state index is -0.205. The molecule has 1 aromatic carbocycles. The van der Waals surface area contributed by atoms with Crippen molar-refractivity contribution in [2.75, 3.05) is 13.1 Å². The van der Waals surface area contributed by atoms with Crippen molar-refractivity contribution in [3.63, 3.8) is 0 Å². The lowest BCUT2D eigenvalue weighted by atomic mass is 9.78. The molecule has 0 N–H and O–H groups in total. The summed E-state index contributed by atoms with van der Waals surface area (Å²) in [5, 5.41) is 0. The fourth-order valence-corrected chi connectivity index (χ4v) is 4.91. The summed E-state index contributed by atoms with van der Waals surface area (Å²) in [5.74, 6) is 2.80. The number of benzene rings is 1. The quantitative estimate of drug-likeness (QED) is 0.637. The molecule has 0 spiro atoms. The molecule has 3 heteroatoms. The largest absolute Gasteiger partial charge is 0.491 e. The van der Waals surface area contributed by atoms with Gasteiger partial charge in [-0.1, -0.05) is 19.9 Å². The summed E-state index contributed by atoms with van der Waals surface area (Å²) in [6.07, 6.45) is 7.91. The van der Waals surface area contributed by atoms with Gasteiger partial charge in [-0.15, -0.1) is 0 Å². The summed E-state index contributed by atoms with van der Waals surface area (Å²) in [6.45, 7) is 11.1. The molecule has 2 nitrogen and oxygen atoms in total. The van der Waals surface area contributed by atoms with Crippen molar-refractivity contribution in [3.05, 3.63) is 29.6 Å². The monoisotopic (exact) mass is 361 g/mol. The van der Waals surface area contributed by atoms with Gasteiger partial charge < -0.3 is 9.64 Å². The number of likely N-dealkylation sites (tertiary alicyclic amines) is 1. The van der Waals surface area contributed by atoms with Crippen molar-refractivity contribution in [2.24, 2.45) is 11.8 Å². The first-order valence-corrected chi connectivity index (χ1v) is 10.6. The molecule has 0 unspecified atom stereocenters. The maximum Gasteiger partial charge on any atom is 0.126 e. The van der Waals surface area contributed by atoms with Gasteiger partial charge in [-0.2, -0.15) is 0 Å². The third kappa shape index (κ3) is 4.79. The molecule has 2 fully saturated rings. The van der Waals surface area contributed by atoms with Crippen molar-refractivity contribution in [3.8, 4) is 5.75 Å². The Morgan fingerprint density at radius 1 is 0.962 bits per heavy atom. The zero-order valence-electron chi connectivity index (χ0n) is 17.0. The van der Waals surface area contributed by atoms with E-state index >= 15 is 0 Å². The average molecular weight is 362 g/mol. The van der Waals surface area contributed by atoms with Gasteiger partial charge in [0.1, 0.15) is 11.6 Å². The van der Waals surface area contributed by atoms with E-state index in [4.69, 9.17) is 4.74 Å². The third-order valence-electron chi connectivity index (χ3n) is 6.51. The summed E-state index contributed by atoms with van der Waals surface area (Å²) in [4.78, 5) is 2.72. The van der Waals surface area contributed by atoms with E-state index in [1.165, 1.54) is 44.3 Å². The maximum absolute atomic E-state index is 13.7. The van der Waals surface area contributed by atoms with Crippen LogP contribution in [0.25, 0.3) is 0 Å². The summed E-state index contributed by atoms with van der Waals surface area (Å²) < 4.78 is 19.6. The number of nitrogens with zero attached hydrogens (tertiary/aromatic N) is 1. The van der Waals surface area contributed by atoms with Crippen molar-refractivity contribution < 1.29 is 9.13 Å². The molecule has 3 rings (SSSR count). The highest BCUT2D eigenvalue weighted by Gasteiger charge is 2.31. The molecule has 1 heterocycles. The second-order valence-corrected chi connectivity index (χ2v) is 8.97. The van der Waals surface area contributed by atoms with Crippen molar-refractivity contribution in [1.29, 1.82) is 0 Å². The lowest BCUT2D eigenvalue weighted by molar-refractivity contribution is 0.0975. The maximum atomic E-state index is 13.7. The Hall–Kier alpha value is -1.09. The number of halogens is 1. The van der Waals surface area contributed by atoms with E-state index in [0.29, 0.717) is 5.92 Å². The molecule has 1 aliphatic carbocycles. The van der Waals surface area contributed by atoms with E-state index in [2.05, 4.69) is 18.7 Å². The Balaban J connectivity index is 1.57. The van der Waals surface area contributed by atoms with Crippen LogP contribution >= 0.6 is 0 Å². The van der Waals surface area contributed by atoms with E-state index in [0.717, 1.165) is 36.5 Å². The summed E-state index contributed by atoms with van der Waals surface area (Å²) >= 11 is 0. The highest BCUT2D eigenvalue weighted by Crippen LogP contribution is 2.38. The van der Waals surface area contributed by atoms with Gasteiger partial charge in [-0.3, -0.25) is 0 Å². The van der Waals surface area contributed by atoms with Crippen LogP contribution in [-0.4, -0.2) is 30.1 Å². The molecule has 2 aliphatic rings. The van der Waals surface area contributed by atoms with E-state index in [1.807, 2.05) is 19.9 Å². The first-order valence-electron chi connectivity index (χ1n) is 10.6. The zero-order chi connectivity index (χ0) is 18.7. The first kappa shape index (κ1) is 19.7. The molecule has 0 bridgehead atoms. The van der Waals surface area contributed by atoms with Gasteiger partial charge in [0.15, 0.2) is 0 Å². The van der Waals surface area contributed by atoms with Gasteiger partial charge in [-0.05, 0) is 94.8 Å². The molecular weight excluding hydrogens is 325 g/mol. The van der Waals surface area contributed by atoms with Gasteiger partial charge in [0.2, 0.25) is 0 Å². The van der Waals surface area contributed by atoms with Gasteiger partial charge in [-0.25, -0.2) is 4.39 Å². The Labute approximate surface area is 159 Å². The number of hydrogen-bond acceptors (Lipinski definition) is 2. The Morgan fingerprint density at radius 2 is 1.62 bits per heavy atom. The molecule has 26 heavy (non-hydrogen) atoms. The number of hydrogen-bond donors (Lipinski definition) is 0. The SMILES string of the molecule is CC(C)Oc1cc(F)ccc1C1CCN(C2CCC(C(C)C)CC2)CC1. The number of piperidine rings is 1. The smallest absolute Gasteiger partial charge is 0.126 e. The highest BCUT2D eigenvalue weighted by atomic mass is 19.1. The topological polar surface area (TPSA) is 12.5 Å². The molecule has 0 atom stereocenters. The molecule has 0 aromatic heterocycles. The molecular formula is C23H36FNO. The van der Waals surface area contributed by atoms with E-state index in [9.17, 15) is 4.39 Å². The molecule has 1 saturated heterocycles. The molecule has 1 saturated carbocycles. The predicted octanol–water partition coefficient (Wildman–Crippen LogP) is 6.01. The summed E-state index contributed by atoms with van der Waals surface area (Å²) in [5.41, 5.74) is 1.20. The third-order valence-corrected chi connectivity index (χ3v) is 6.51. The minimum absolute atomic E-state index is 0.0757. The fraction of sp³-hybridized carbons (Fsp3) is 0.739. The lowest BCUT2D eigenvalue weighted by Gasteiger charge is -2.41. The fourth-order valence-electron chi connectivity index (χ4n) is 4.91. The second kappa shape index (κ2) is 8.73. The summed E-state index contributed by atoms with van der Waals surface area (Å²) in [6, 6.07) is 5.88. The normalized spacial score (nSPS) is 25.8. The van der Waals surface area contributed by atoms with Gasteiger partial charge >= 0.3 is 0 Å². The van der Waals surface area contributed by atoms with Crippen molar-refractivity contribution in [1.82, 2.24) is 4.90 Å². The van der Waals surface area contributed by atoms with Crippen LogP contribution in [0, 0.1) is 17.7 Å². The van der Waals surface area contributed by atoms with Crippen LogP contribution in [0.5, 0.6) is 5.75 Å². The van der Waals surface area contributed by atoms with Gasteiger partial charge in [0.05, 0.1) is 6.10 Å². The molecule has 146 valence electrons. The highest BCUT2D eigenvalue weighted by molar-refractivity contribution is 5.37. The van der Waals surface area contributed by atoms with Gasteiger partial charge in [0, 0.05) is 12.1 Å². The number of rotatable bonds is 5. The molecule has 0 radical (unpaired) electrons. The Kier molecular flexibility index (Phi) is 6.60. The van der Waals surface area contributed by atoms with Crippen LogP contribution in [0.2, 0.25) is 0 Å². The van der Waals surface area contributed by atoms with Crippen molar-refractivity contribution in [2.45, 2.75) is 84.3 Å². The number of ether oxygens (including phenoxy) is 1. The van der Waals surface area contributed by atoms with Crippen LogP contribution in [0.15, 0.2) is 18.2 Å². The average Bonchev–Trinajstić information content (AvgIpc) is 2.62. The van der Waals surface area contributed by atoms with E-state index in [-0.39, 0.29) is 11.9 Å². The molecule has 0 amide bonds. The predicted molar refractivity (Wildman–Crippen MR) is 106 cm³/mol. The van der Waals surface area contributed by atoms with Crippen molar-refractivity contribution >= 4 is 0 Å². The van der Waals surface area contributed by atoms with Crippen LogP contribution in [0.3, 0.4) is 0 Å². The van der Waals surface area contributed by atoms with E-state index < -0.39 is 0 Å². The Bertz CT molecular complexity index is 570. The van der Waals surface area contributed by atoms with Gasteiger partial charge in [0.25, 0.3) is 0 Å². The standard InChI is InChI=1S/C23H36FNO/c1-16(2)18-5-8-21(9-6-18)25-13-11-19(12-14-25)22-10-7-20(24)15-23(22)26-17(3)4/h7,10,15-19,21H,5-6,8-9,11-14H2,1-4H3. The van der Waals surface area contributed by atoms with Crippen LogP contribution in [0.4, 0.5) is 4.39 Å². The minimum Gasteiger partial charge on any atom is -0.491 e. The van der Waals surface area contributed by atoms with E-state index in [1.54, 1.807) is 12.1 Å². The summed E-state index contributed by atoms with van der Waals surface area (Å²) in [7, 11) is 0. The zero-order valence-corrected chi connectivity index (χ0v) is 17.0. The van der Waals surface area contributed by atoms with Crippen LogP contribution < -0.4 is 4.74 Å². The molecule has 1 aliphatic heterocycles.